The van der Waals surface area contributed by atoms with Crippen LogP contribution in [0.15, 0.2) is 60.8 Å². The highest BCUT2D eigenvalue weighted by molar-refractivity contribution is 7.45. The molecule has 0 aliphatic rings. The summed E-state index contributed by atoms with van der Waals surface area (Å²) in [5, 5.41) is 24.3. The van der Waals surface area contributed by atoms with Gasteiger partial charge in [0.25, 0.3) is 7.82 Å². The second kappa shape index (κ2) is 30.9. The van der Waals surface area contributed by atoms with Gasteiger partial charge in [-0.25, -0.2) is 0 Å². The van der Waals surface area contributed by atoms with Crippen LogP contribution in [0.4, 0.5) is 0 Å². The lowest BCUT2D eigenvalue weighted by molar-refractivity contribution is -0.870. The van der Waals surface area contributed by atoms with Gasteiger partial charge in [-0.2, -0.15) is 0 Å². The van der Waals surface area contributed by atoms with Crippen molar-refractivity contribution >= 4 is 13.7 Å². The first kappa shape index (κ1) is 47.2. The number of amides is 1. The number of carbonyl (C=O) groups excluding carboxylic acids is 1. The lowest BCUT2D eigenvalue weighted by atomic mass is 10.0. The number of carbonyl (C=O) groups is 1. The molecule has 9 nitrogen and oxygen atoms in total. The lowest BCUT2D eigenvalue weighted by Gasteiger charge is -2.31. The molecular formula is C39H71N2O7P. The van der Waals surface area contributed by atoms with Gasteiger partial charge in [-0.3, -0.25) is 9.36 Å². The number of phosphoric ester groups is 1. The molecule has 1 amide bonds. The molecule has 0 saturated carbocycles. The van der Waals surface area contributed by atoms with E-state index in [9.17, 15) is 24.5 Å². The highest BCUT2D eigenvalue weighted by Crippen LogP contribution is 2.38. The van der Waals surface area contributed by atoms with Crippen LogP contribution in [0.5, 0.6) is 0 Å². The zero-order valence-corrected chi connectivity index (χ0v) is 32.4. The third kappa shape index (κ3) is 31.9. The number of aliphatic hydroxyl groups excluding tert-OH is 2. The average molecular weight is 711 g/mol. The van der Waals surface area contributed by atoms with Gasteiger partial charge >= 0.3 is 0 Å². The molecule has 0 aliphatic carbocycles. The van der Waals surface area contributed by atoms with Crippen LogP contribution < -0.4 is 10.2 Å². The molecule has 0 spiro atoms. The van der Waals surface area contributed by atoms with E-state index in [2.05, 4.69) is 67.8 Å². The van der Waals surface area contributed by atoms with Crippen molar-refractivity contribution in [1.82, 2.24) is 5.32 Å². The van der Waals surface area contributed by atoms with E-state index in [-0.39, 0.29) is 18.9 Å². The van der Waals surface area contributed by atoms with Crippen LogP contribution in [0.25, 0.3) is 0 Å². The van der Waals surface area contributed by atoms with Gasteiger partial charge in [0.1, 0.15) is 19.3 Å². The zero-order chi connectivity index (χ0) is 36.6. The third-order valence-corrected chi connectivity index (χ3v) is 8.81. The maximum Gasteiger partial charge on any atom is 0.268 e. The van der Waals surface area contributed by atoms with Crippen molar-refractivity contribution in [2.75, 3.05) is 40.9 Å². The smallest absolute Gasteiger partial charge is 0.268 e. The SMILES string of the molecule is CC/C=C\C/C=C\C/C=C\C/C=C\CCC(=O)NC(COP(=O)([O-])OCC[N+](C)(C)C)C(O)C(O)CCC/C=C/CCCCCCCCC. The van der Waals surface area contributed by atoms with Crippen LogP contribution in [0.3, 0.4) is 0 Å². The molecule has 0 saturated heterocycles. The fourth-order valence-corrected chi connectivity index (χ4v) is 5.51. The van der Waals surface area contributed by atoms with Crippen molar-refractivity contribution in [2.24, 2.45) is 0 Å². The Morgan fingerprint density at radius 3 is 1.88 bits per heavy atom. The minimum atomic E-state index is -4.68. The van der Waals surface area contributed by atoms with Crippen LogP contribution >= 0.6 is 7.82 Å². The van der Waals surface area contributed by atoms with Gasteiger partial charge in [-0.15, -0.1) is 0 Å². The summed E-state index contributed by atoms with van der Waals surface area (Å²) >= 11 is 0. The first-order chi connectivity index (χ1) is 23.4. The average Bonchev–Trinajstić information content (AvgIpc) is 3.04. The maximum absolute atomic E-state index is 12.8. The summed E-state index contributed by atoms with van der Waals surface area (Å²) < 4.78 is 22.9. The quantitative estimate of drug-likeness (QED) is 0.0281. The minimum absolute atomic E-state index is 0.0617. The second-order valence-corrected chi connectivity index (χ2v) is 15.1. The van der Waals surface area contributed by atoms with Gasteiger partial charge < -0.3 is 34.0 Å². The number of likely N-dealkylation sites (N-methyl/N-ethyl adjacent to an activating group) is 1. The molecule has 0 aromatic rings. The number of nitrogens with zero attached hydrogens (tertiary/aromatic N) is 1. The van der Waals surface area contributed by atoms with Crippen LogP contribution in [0.1, 0.15) is 123 Å². The predicted molar refractivity (Wildman–Crippen MR) is 202 cm³/mol. The van der Waals surface area contributed by atoms with E-state index in [1.54, 1.807) is 0 Å². The van der Waals surface area contributed by atoms with Gasteiger partial charge in [0.15, 0.2) is 0 Å². The Kier molecular flexibility index (Phi) is 29.8. The Labute approximate surface area is 299 Å². The van der Waals surface area contributed by atoms with Crippen LogP contribution in [-0.4, -0.2) is 79.8 Å². The summed E-state index contributed by atoms with van der Waals surface area (Å²) in [7, 11) is 1.05. The molecule has 0 aromatic carbocycles. The summed E-state index contributed by atoms with van der Waals surface area (Å²) in [6.45, 7) is 4.18. The van der Waals surface area contributed by atoms with E-state index < -0.39 is 32.7 Å². The number of quaternary nitrogens is 1. The molecule has 0 aliphatic heterocycles. The van der Waals surface area contributed by atoms with Crippen molar-refractivity contribution < 1.29 is 38.0 Å². The van der Waals surface area contributed by atoms with Crippen molar-refractivity contribution in [3.05, 3.63) is 60.8 Å². The van der Waals surface area contributed by atoms with Crippen molar-refractivity contribution in [2.45, 2.75) is 141 Å². The Morgan fingerprint density at radius 2 is 1.29 bits per heavy atom. The molecule has 0 radical (unpaired) electrons. The lowest BCUT2D eigenvalue weighted by Crippen LogP contribution is -2.51. The number of unbranched alkanes of at least 4 members (excludes halogenated alkanes) is 8. The van der Waals surface area contributed by atoms with Crippen molar-refractivity contribution in [3.8, 4) is 0 Å². The summed E-state index contributed by atoms with van der Waals surface area (Å²) in [5.41, 5.74) is 0. The monoisotopic (exact) mass is 710 g/mol. The molecule has 0 rings (SSSR count). The molecule has 0 bridgehead atoms. The molecular weight excluding hydrogens is 639 g/mol. The molecule has 0 heterocycles. The predicted octanol–water partition coefficient (Wildman–Crippen LogP) is 7.85. The molecule has 49 heavy (non-hydrogen) atoms. The number of hydrogen-bond donors (Lipinski definition) is 3. The Balaban J connectivity index is 4.83. The molecule has 3 N–H and O–H groups in total. The van der Waals surface area contributed by atoms with Gasteiger partial charge in [0.05, 0.1) is 39.9 Å². The summed E-state index contributed by atoms with van der Waals surface area (Å²) in [6, 6.07) is -1.13. The van der Waals surface area contributed by atoms with Crippen molar-refractivity contribution in [3.63, 3.8) is 0 Å². The number of phosphoric acid groups is 1. The van der Waals surface area contributed by atoms with E-state index in [4.69, 9.17) is 9.05 Å². The van der Waals surface area contributed by atoms with Crippen LogP contribution in [-0.2, 0) is 18.4 Å². The fourth-order valence-electron chi connectivity index (χ4n) is 4.79. The van der Waals surface area contributed by atoms with Gasteiger partial charge in [-0.1, -0.05) is 113 Å². The summed E-state index contributed by atoms with van der Waals surface area (Å²) in [4.78, 5) is 25.1. The Morgan fingerprint density at radius 1 is 0.755 bits per heavy atom. The topological polar surface area (TPSA) is 128 Å². The van der Waals surface area contributed by atoms with Gasteiger partial charge in [0, 0.05) is 6.42 Å². The number of rotatable bonds is 32. The first-order valence-electron chi connectivity index (χ1n) is 18.7. The van der Waals surface area contributed by atoms with Crippen molar-refractivity contribution in [1.29, 1.82) is 0 Å². The minimum Gasteiger partial charge on any atom is -0.756 e. The Bertz CT molecular complexity index is 1000. The largest absolute Gasteiger partial charge is 0.756 e. The summed E-state index contributed by atoms with van der Waals surface area (Å²) in [6.07, 6.45) is 34.3. The van der Waals surface area contributed by atoms with E-state index in [1.807, 2.05) is 33.3 Å². The fraction of sp³-hybridized carbons (Fsp3) is 0.718. The van der Waals surface area contributed by atoms with Gasteiger partial charge in [0.2, 0.25) is 5.91 Å². The molecule has 4 atom stereocenters. The van der Waals surface area contributed by atoms with E-state index in [0.29, 0.717) is 30.3 Å². The highest BCUT2D eigenvalue weighted by Gasteiger charge is 2.29. The standard InChI is InChI=1S/C39H71N2O7P/c1-6-8-10-12-14-16-18-20-22-24-26-28-30-32-38(43)40-36(35-48-49(45,46)47-34-33-41(3,4)5)39(44)37(42)31-29-27-25-23-21-19-17-15-13-11-9-7-2/h8,10,14,16,20,22-23,25-26,28,36-37,39,42,44H,6-7,9,11-13,15,17-19,21,24,27,29-35H2,1-5H3,(H-,40,43,45,46)/b10-8-,16-14-,22-20-,25-23+,28-26-. The van der Waals surface area contributed by atoms with Gasteiger partial charge in [-0.05, 0) is 64.2 Å². The zero-order valence-electron chi connectivity index (χ0n) is 31.5. The molecule has 10 heteroatoms. The number of hydrogen-bond acceptors (Lipinski definition) is 7. The van der Waals surface area contributed by atoms with E-state index >= 15 is 0 Å². The second-order valence-electron chi connectivity index (χ2n) is 13.7. The van der Waals surface area contributed by atoms with E-state index in [1.165, 1.54) is 44.9 Å². The van der Waals surface area contributed by atoms with E-state index in [0.717, 1.165) is 38.5 Å². The normalized spacial score (nSPS) is 16.0. The molecule has 0 aromatic heterocycles. The van der Waals surface area contributed by atoms with Crippen LogP contribution in [0.2, 0.25) is 0 Å². The molecule has 4 unspecified atom stereocenters. The third-order valence-electron chi connectivity index (χ3n) is 7.85. The van der Waals surface area contributed by atoms with Crippen LogP contribution in [0, 0.1) is 0 Å². The summed E-state index contributed by atoms with van der Waals surface area (Å²) in [5.74, 6) is -0.373. The molecule has 284 valence electrons. The molecule has 0 fully saturated rings. The number of allylic oxidation sites excluding steroid dienone is 10. The maximum atomic E-state index is 12.8. The highest BCUT2D eigenvalue weighted by atomic mass is 31.2. The Hall–Kier alpha value is -1.84. The number of nitrogens with one attached hydrogen (secondary N) is 1. The first-order valence-corrected chi connectivity index (χ1v) is 20.2. The number of aliphatic hydroxyl groups is 2.